The highest BCUT2D eigenvalue weighted by Gasteiger charge is 2.36. The normalized spacial score (nSPS) is 19.1. The zero-order valence-corrected chi connectivity index (χ0v) is 19.6. The minimum atomic E-state index is -1.07. The van der Waals surface area contributed by atoms with Gasteiger partial charge in [-0.25, -0.2) is 4.79 Å². The molecule has 33 heavy (non-hydrogen) atoms. The number of imide groups is 1. The Labute approximate surface area is 192 Å². The van der Waals surface area contributed by atoms with Crippen molar-refractivity contribution in [1.29, 1.82) is 0 Å². The molecule has 2 saturated heterocycles. The van der Waals surface area contributed by atoms with Gasteiger partial charge in [0.2, 0.25) is 5.91 Å². The Bertz CT molecular complexity index is 1090. The lowest BCUT2D eigenvalue weighted by atomic mass is 9.88. The van der Waals surface area contributed by atoms with E-state index >= 15 is 0 Å². The van der Waals surface area contributed by atoms with Crippen molar-refractivity contribution in [3.63, 3.8) is 0 Å². The van der Waals surface area contributed by atoms with E-state index in [-0.39, 0.29) is 24.7 Å². The van der Waals surface area contributed by atoms with E-state index in [9.17, 15) is 19.5 Å². The van der Waals surface area contributed by atoms with Crippen LogP contribution < -0.4 is 15.1 Å². The Balaban J connectivity index is 1.47. The molecule has 10 heteroatoms. The molecule has 0 aliphatic carbocycles. The highest BCUT2D eigenvalue weighted by atomic mass is 16.6. The average molecular weight is 458 g/mol. The molecule has 0 radical (unpaired) electrons. The SMILES string of the molecule is Cn1nc(N2CCC(=O)NC2=O)c2ccc(N3CCC(O)(CC(=O)OC(C)(C)C)CC3)cc21. The monoisotopic (exact) mass is 457 g/mol. The lowest BCUT2D eigenvalue weighted by molar-refractivity contribution is -0.161. The van der Waals surface area contributed by atoms with Gasteiger partial charge in [0, 0.05) is 44.2 Å². The fourth-order valence-electron chi connectivity index (χ4n) is 4.39. The molecular formula is C23H31N5O5. The number of benzene rings is 1. The summed E-state index contributed by atoms with van der Waals surface area (Å²) in [4.78, 5) is 39.6. The number of esters is 1. The van der Waals surface area contributed by atoms with Gasteiger partial charge in [0.25, 0.3) is 0 Å². The molecule has 0 saturated carbocycles. The third-order valence-corrected chi connectivity index (χ3v) is 6.08. The first kappa shape index (κ1) is 23.0. The maximum Gasteiger partial charge on any atom is 0.329 e. The quantitative estimate of drug-likeness (QED) is 0.675. The van der Waals surface area contributed by atoms with Gasteiger partial charge in [-0.1, -0.05) is 0 Å². The smallest absolute Gasteiger partial charge is 0.329 e. The summed E-state index contributed by atoms with van der Waals surface area (Å²) >= 11 is 0. The van der Waals surface area contributed by atoms with Gasteiger partial charge in [-0.15, -0.1) is 0 Å². The highest BCUT2D eigenvalue weighted by molar-refractivity contribution is 6.09. The molecule has 1 aromatic carbocycles. The number of fused-ring (bicyclic) bond motifs is 1. The average Bonchev–Trinajstić information content (AvgIpc) is 3.02. The Kier molecular flexibility index (Phi) is 5.81. The van der Waals surface area contributed by atoms with Crippen molar-refractivity contribution < 1.29 is 24.2 Å². The third-order valence-electron chi connectivity index (χ3n) is 6.08. The number of carbonyl (C=O) groups excluding carboxylic acids is 3. The molecule has 3 amide bonds. The molecule has 0 spiro atoms. The highest BCUT2D eigenvalue weighted by Crippen LogP contribution is 2.33. The van der Waals surface area contributed by atoms with Crippen molar-refractivity contribution in [3.05, 3.63) is 18.2 Å². The van der Waals surface area contributed by atoms with Gasteiger partial charge in [-0.3, -0.25) is 24.5 Å². The molecule has 0 unspecified atom stereocenters. The summed E-state index contributed by atoms with van der Waals surface area (Å²) in [7, 11) is 1.82. The van der Waals surface area contributed by atoms with Crippen LogP contribution in [0.5, 0.6) is 0 Å². The minimum Gasteiger partial charge on any atom is -0.460 e. The van der Waals surface area contributed by atoms with Gasteiger partial charge >= 0.3 is 12.0 Å². The molecular weight excluding hydrogens is 426 g/mol. The summed E-state index contributed by atoms with van der Waals surface area (Å²) in [6.07, 6.45) is 1.15. The second-order valence-electron chi connectivity index (χ2n) is 9.88. The maximum absolute atomic E-state index is 12.3. The van der Waals surface area contributed by atoms with Crippen LogP contribution in [0.3, 0.4) is 0 Å². The summed E-state index contributed by atoms with van der Waals surface area (Å²) in [6.45, 7) is 6.94. The Morgan fingerprint density at radius 3 is 2.55 bits per heavy atom. The molecule has 2 aromatic rings. The number of carbonyl (C=O) groups is 3. The van der Waals surface area contributed by atoms with Crippen LogP contribution in [0.1, 0.15) is 46.5 Å². The lowest BCUT2D eigenvalue weighted by Gasteiger charge is -2.39. The van der Waals surface area contributed by atoms with Crippen molar-refractivity contribution in [2.75, 3.05) is 29.4 Å². The summed E-state index contributed by atoms with van der Waals surface area (Å²) in [6, 6.07) is 5.45. The Hall–Kier alpha value is -3.14. The second kappa shape index (κ2) is 8.33. The van der Waals surface area contributed by atoms with Crippen molar-refractivity contribution in [2.45, 2.75) is 57.7 Å². The van der Waals surface area contributed by atoms with Crippen LogP contribution in [-0.4, -0.2) is 63.6 Å². The largest absolute Gasteiger partial charge is 0.460 e. The zero-order valence-electron chi connectivity index (χ0n) is 19.6. The molecule has 0 atom stereocenters. The predicted octanol–water partition coefficient (Wildman–Crippen LogP) is 2.08. The molecule has 178 valence electrons. The number of amides is 3. The summed E-state index contributed by atoms with van der Waals surface area (Å²) < 4.78 is 7.09. The van der Waals surface area contributed by atoms with E-state index in [1.807, 2.05) is 46.0 Å². The van der Waals surface area contributed by atoms with Crippen LogP contribution in [0.2, 0.25) is 0 Å². The Morgan fingerprint density at radius 1 is 1.21 bits per heavy atom. The van der Waals surface area contributed by atoms with Gasteiger partial charge in [0.15, 0.2) is 5.82 Å². The van der Waals surface area contributed by atoms with Crippen LogP contribution in [-0.2, 0) is 21.4 Å². The first-order valence-electron chi connectivity index (χ1n) is 11.2. The van der Waals surface area contributed by atoms with Gasteiger partial charge in [-0.05, 0) is 51.8 Å². The number of anilines is 2. The maximum atomic E-state index is 12.3. The number of ether oxygens (including phenoxy) is 1. The third kappa shape index (κ3) is 4.95. The van der Waals surface area contributed by atoms with Crippen LogP contribution in [0.4, 0.5) is 16.3 Å². The number of aromatic nitrogens is 2. The molecule has 3 heterocycles. The van der Waals surface area contributed by atoms with E-state index in [0.29, 0.717) is 38.3 Å². The van der Waals surface area contributed by atoms with E-state index in [2.05, 4.69) is 15.3 Å². The summed E-state index contributed by atoms with van der Waals surface area (Å²) in [5.41, 5.74) is 0.203. The number of nitrogens with zero attached hydrogens (tertiary/aromatic N) is 4. The first-order chi connectivity index (χ1) is 15.4. The van der Waals surface area contributed by atoms with Crippen LogP contribution in [0.25, 0.3) is 10.9 Å². The molecule has 2 aliphatic heterocycles. The van der Waals surface area contributed by atoms with Crippen molar-refractivity contribution >= 4 is 40.3 Å². The fourth-order valence-corrected chi connectivity index (χ4v) is 4.39. The van der Waals surface area contributed by atoms with Crippen molar-refractivity contribution in [2.24, 2.45) is 7.05 Å². The topological polar surface area (TPSA) is 117 Å². The van der Waals surface area contributed by atoms with Gasteiger partial charge in [0.05, 0.1) is 17.5 Å². The molecule has 0 bridgehead atoms. The number of aryl methyl sites for hydroxylation is 1. The molecule has 4 rings (SSSR count). The first-order valence-corrected chi connectivity index (χ1v) is 11.2. The van der Waals surface area contributed by atoms with E-state index in [0.717, 1.165) is 16.6 Å². The molecule has 2 fully saturated rings. The van der Waals surface area contributed by atoms with E-state index in [1.54, 1.807) is 4.68 Å². The zero-order chi connectivity index (χ0) is 24.0. The molecule has 2 aliphatic rings. The number of hydrogen-bond acceptors (Lipinski definition) is 7. The number of piperidine rings is 1. The Morgan fingerprint density at radius 2 is 1.91 bits per heavy atom. The number of hydrogen-bond donors (Lipinski definition) is 2. The summed E-state index contributed by atoms with van der Waals surface area (Å²) in [5.74, 6) is -0.143. The molecule has 2 N–H and O–H groups in total. The van der Waals surface area contributed by atoms with Crippen molar-refractivity contribution in [3.8, 4) is 0 Å². The van der Waals surface area contributed by atoms with Crippen LogP contribution in [0, 0.1) is 0 Å². The van der Waals surface area contributed by atoms with E-state index < -0.39 is 17.2 Å². The van der Waals surface area contributed by atoms with Crippen LogP contribution in [0.15, 0.2) is 18.2 Å². The fraction of sp³-hybridized carbons (Fsp3) is 0.565. The number of urea groups is 1. The van der Waals surface area contributed by atoms with Crippen molar-refractivity contribution in [1.82, 2.24) is 15.1 Å². The minimum absolute atomic E-state index is 0.0113. The number of aliphatic hydroxyl groups is 1. The predicted molar refractivity (Wildman–Crippen MR) is 123 cm³/mol. The van der Waals surface area contributed by atoms with Crippen LogP contribution >= 0.6 is 0 Å². The van der Waals surface area contributed by atoms with Gasteiger partial charge in [-0.2, -0.15) is 5.10 Å². The molecule has 10 nitrogen and oxygen atoms in total. The summed E-state index contributed by atoms with van der Waals surface area (Å²) in [5, 5.41) is 18.6. The van der Waals surface area contributed by atoms with Gasteiger partial charge in [0.1, 0.15) is 5.60 Å². The molecule has 1 aromatic heterocycles. The number of rotatable bonds is 4. The van der Waals surface area contributed by atoms with Gasteiger partial charge < -0.3 is 14.7 Å². The lowest BCUT2D eigenvalue weighted by Crippen LogP contribution is -2.49. The van der Waals surface area contributed by atoms with E-state index in [1.165, 1.54) is 4.90 Å². The standard InChI is InChI=1S/C23H31N5O5/c1-22(2,3)33-19(30)14-23(32)8-11-27(12-9-23)15-5-6-16-17(13-15)26(4)25-20(16)28-10-7-18(29)24-21(28)31/h5-6,13,32H,7-12,14H2,1-4H3,(H,24,29,31). The van der Waals surface area contributed by atoms with E-state index in [4.69, 9.17) is 4.74 Å². The second-order valence-corrected chi connectivity index (χ2v) is 9.88. The number of nitrogens with one attached hydrogen (secondary N) is 1.